The van der Waals surface area contributed by atoms with E-state index in [1.807, 2.05) is 25.4 Å². The molecule has 1 atom stereocenters. The Kier molecular flexibility index (Phi) is 6.15. The summed E-state index contributed by atoms with van der Waals surface area (Å²) in [6.07, 6.45) is 3.72. The Balaban J connectivity index is 2.81. The van der Waals surface area contributed by atoms with Crippen molar-refractivity contribution in [1.29, 1.82) is 0 Å². The molecule has 0 spiro atoms. The first kappa shape index (κ1) is 17.4. The molecule has 1 heterocycles. The van der Waals surface area contributed by atoms with E-state index in [1.165, 1.54) is 0 Å². The minimum atomic E-state index is -0.713. The molecule has 0 saturated carbocycles. The SMILES string of the molecule is CNC(CCCCOC(N)=O)(c1ccccn1)C(C)(C)C. The zero-order valence-corrected chi connectivity index (χ0v) is 13.5. The third kappa shape index (κ3) is 4.43. The van der Waals surface area contributed by atoms with Gasteiger partial charge in [0.1, 0.15) is 0 Å². The zero-order chi connectivity index (χ0) is 15.9. The molecule has 0 radical (unpaired) electrons. The quantitative estimate of drug-likeness (QED) is 0.758. The average molecular weight is 293 g/mol. The molecule has 0 aromatic carbocycles. The molecule has 0 aliphatic rings. The average Bonchev–Trinajstić information content (AvgIpc) is 2.42. The van der Waals surface area contributed by atoms with Gasteiger partial charge in [0.15, 0.2) is 0 Å². The van der Waals surface area contributed by atoms with Crippen molar-refractivity contribution in [2.24, 2.45) is 11.1 Å². The largest absolute Gasteiger partial charge is 0.450 e. The van der Waals surface area contributed by atoms with Crippen LogP contribution in [0.4, 0.5) is 4.79 Å². The molecule has 1 aromatic rings. The fraction of sp³-hybridized carbons (Fsp3) is 0.625. The predicted molar refractivity (Wildman–Crippen MR) is 83.8 cm³/mol. The molecule has 1 aromatic heterocycles. The molecular formula is C16H27N3O2. The van der Waals surface area contributed by atoms with Gasteiger partial charge in [-0.2, -0.15) is 0 Å². The van der Waals surface area contributed by atoms with Gasteiger partial charge in [0.05, 0.1) is 17.8 Å². The van der Waals surface area contributed by atoms with Crippen LogP contribution >= 0.6 is 0 Å². The van der Waals surface area contributed by atoms with Crippen LogP contribution < -0.4 is 11.1 Å². The molecule has 0 fully saturated rings. The summed E-state index contributed by atoms with van der Waals surface area (Å²) in [6, 6.07) is 5.99. The van der Waals surface area contributed by atoms with Crippen molar-refractivity contribution < 1.29 is 9.53 Å². The molecule has 0 saturated heterocycles. The highest BCUT2D eigenvalue weighted by Gasteiger charge is 2.42. The Morgan fingerprint density at radius 1 is 1.33 bits per heavy atom. The number of amides is 1. The summed E-state index contributed by atoms with van der Waals surface area (Å²) in [6.45, 7) is 6.98. The highest BCUT2D eigenvalue weighted by atomic mass is 16.5. The first-order valence-corrected chi connectivity index (χ1v) is 7.36. The highest BCUT2D eigenvalue weighted by Crippen LogP contribution is 2.41. The molecule has 0 aliphatic carbocycles. The van der Waals surface area contributed by atoms with Crippen LogP contribution in [0.15, 0.2) is 24.4 Å². The summed E-state index contributed by atoms with van der Waals surface area (Å²) in [5.41, 5.74) is 5.78. The number of pyridine rings is 1. The van der Waals surface area contributed by atoms with Gasteiger partial charge < -0.3 is 15.8 Å². The van der Waals surface area contributed by atoms with E-state index in [1.54, 1.807) is 0 Å². The van der Waals surface area contributed by atoms with E-state index in [0.717, 1.165) is 25.0 Å². The molecular weight excluding hydrogens is 266 g/mol. The summed E-state index contributed by atoms with van der Waals surface area (Å²) in [4.78, 5) is 15.1. The Hall–Kier alpha value is -1.62. The molecule has 3 N–H and O–H groups in total. The van der Waals surface area contributed by atoms with Gasteiger partial charge in [-0.1, -0.05) is 26.8 Å². The maximum Gasteiger partial charge on any atom is 0.404 e. The van der Waals surface area contributed by atoms with Crippen molar-refractivity contribution in [2.45, 2.75) is 45.6 Å². The van der Waals surface area contributed by atoms with Gasteiger partial charge in [0.25, 0.3) is 0 Å². The zero-order valence-electron chi connectivity index (χ0n) is 13.5. The monoisotopic (exact) mass is 293 g/mol. The lowest BCUT2D eigenvalue weighted by molar-refractivity contribution is 0.117. The summed E-state index contributed by atoms with van der Waals surface area (Å²) in [5.74, 6) is 0. The summed E-state index contributed by atoms with van der Waals surface area (Å²) in [5, 5.41) is 3.48. The molecule has 1 rings (SSSR count). The number of carbonyl (C=O) groups is 1. The van der Waals surface area contributed by atoms with Crippen LogP contribution in [-0.4, -0.2) is 24.7 Å². The van der Waals surface area contributed by atoms with E-state index in [9.17, 15) is 4.79 Å². The van der Waals surface area contributed by atoms with Crippen LogP contribution in [0.3, 0.4) is 0 Å². The number of rotatable bonds is 7. The fourth-order valence-electron chi connectivity index (χ4n) is 2.80. The first-order valence-electron chi connectivity index (χ1n) is 7.36. The lowest BCUT2D eigenvalue weighted by Crippen LogP contribution is -2.51. The molecule has 1 amide bonds. The first-order chi connectivity index (χ1) is 9.83. The lowest BCUT2D eigenvalue weighted by Gasteiger charge is -2.44. The minimum absolute atomic E-state index is 0.000642. The van der Waals surface area contributed by atoms with Crippen LogP contribution in [0, 0.1) is 5.41 Å². The molecule has 5 nitrogen and oxygen atoms in total. The number of nitrogens with one attached hydrogen (secondary N) is 1. The van der Waals surface area contributed by atoms with Crippen molar-refractivity contribution in [3.8, 4) is 0 Å². The Morgan fingerprint density at radius 3 is 2.52 bits per heavy atom. The maximum absolute atomic E-state index is 10.6. The number of hydrogen-bond donors (Lipinski definition) is 2. The minimum Gasteiger partial charge on any atom is -0.450 e. The Bertz CT molecular complexity index is 443. The number of hydrogen-bond acceptors (Lipinski definition) is 4. The number of unbranched alkanes of at least 4 members (excludes halogenated alkanes) is 1. The van der Waals surface area contributed by atoms with Gasteiger partial charge in [-0.05, 0) is 43.9 Å². The summed E-state index contributed by atoms with van der Waals surface area (Å²) < 4.78 is 4.78. The predicted octanol–water partition coefficient (Wildman–Crippen LogP) is 2.81. The van der Waals surface area contributed by atoms with E-state index in [0.29, 0.717) is 6.61 Å². The molecule has 0 bridgehead atoms. The lowest BCUT2D eigenvalue weighted by atomic mass is 9.68. The van der Waals surface area contributed by atoms with Gasteiger partial charge in [-0.15, -0.1) is 0 Å². The molecule has 21 heavy (non-hydrogen) atoms. The Morgan fingerprint density at radius 2 is 2.05 bits per heavy atom. The second-order valence-corrected chi connectivity index (χ2v) is 6.24. The van der Waals surface area contributed by atoms with Crippen molar-refractivity contribution in [3.63, 3.8) is 0 Å². The standard InChI is InChI=1S/C16H27N3O2/c1-15(2,3)16(18-4,13-9-5-7-11-19-13)10-6-8-12-21-14(17)20/h5,7,9,11,18H,6,8,10,12H2,1-4H3,(H2,17,20). The van der Waals surface area contributed by atoms with Crippen LogP contribution in [0.5, 0.6) is 0 Å². The fourth-order valence-corrected chi connectivity index (χ4v) is 2.80. The number of nitrogens with zero attached hydrogens (tertiary/aromatic N) is 1. The number of nitrogens with two attached hydrogens (primary N) is 1. The number of ether oxygens (including phenoxy) is 1. The van der Waals surface area contributed by atoms with Gasteiger partial charge in [-0.3, -0.25) is 4.98 Å². The second kappa shape index (κ2) is 7.41. The third-order valence-corrected chi connectivity index (χ3v) is 4.00. The molecule has 5 heteroatoms. The van der Waals surface area contributed by atoms with Crippen LogP contribution in [-0.2, 0) is 10.3 Å². The van der Waals surface area contributed by atoms with E-state index < -0.39 is 6.09 Å². The van der Waals surface area contributed by atoms with Gasteiger partial charge >= 0.3 is 6.09 Å². The molecule has 118 valence electrons. The van der Waals surface area contributed by atoms with Crippen LogP contribution in [0.1, 0.15) is 45.7 Å². The number of primary amides is 1. The third-order valence-electron chi connectivity index (χ3n) is 4.00. The Labute approximate surface area is 127 Å². The number of aromatic nitrogens is 1. The van der Waals surface area contributed by atoms with Gasteiger partial charge in [-0.25, -0.2) is 4.79 Å². The smallest absolute Gasteiger partial charge is 0.404 e. The van der Waals surface area contributed by atoms with Crippen molar-refractivity contribution >= 4 is 6.09 Å². The van der Waals surface area contributed by atoms with E-state index >= 15 is 0 Å². The van der Waals surface area contributed by atoms with E-state index in [-0.39, 0.29) is 11.0 Å². The molecule has 0 aliphatic heterocycles. The van der Waals surface area contributed by atoms with Gasteiger partial charge in [0.2, 0.25) is 0 Å². The summed E-state index contributed by atoms with van der Waals surface area (Å²) >= 11 is 0. The molecule has 1 unspecified atom stereocenters. The van der Waals surface area contributed by atoms with Crippen LogP contribution in [0.2, 0.25) is 0 Å². The van der Waals surface area contributed by atoms with E-state index in [2.05, 4.69) is 37.1 Å². The van der Waals surface area contributed by atoms with E-state index in [4.69, 9.17) is 10.5 Å². The maximum atomic E-state index is 10.6. The second-order valence-electron chi connectivity index (χ2n) is 6.24. The van der Waals surface area contributed by atoms with Crippen LogP contribution in [0.25, 0.3) is 0 Å². The summed E-state index contributed by atoms with van der Waals surface area (Å²) in [7, 11) is 1.97. The van der Waals surface area contributed by atoms with Gasteiger partial charge in [0, 0.05) is 6.20 Å². The normalized spacial score (nSPS) is 14.5. The van der Waals surface area contributed by atoms with Crippen molar-refractivity contribution in [2.75, 3.05) is 13.7 Å². The highest BCUT2D eigenvalue weighted by molar-refractivity contribution is 5.64. The topological polar surface area (TPSA) is 77.2 Å². The number of carbonyl (C=O) groups excluding carboxylic acids is 1. The van der Waals surface area contributed by atoms with Crippen molar-refractivity contribution in [3.05, 3.63) is 30.1 Å². The van der Waals surface area contributed by atoms with Crippen molar-refractivity contribution in [1.82, 2.24) is 10.3 Å².